The van der Waals surface area contributed by atoms with E-state index in [2.05, 4.69) is 0 Å². The van der Waals surface area contributed by atoms with Gasteiger partial charge in [-0.3, -0.25) is 0 Å². The molecule has 1 aliphatic rings. The average molecular weight is 256 g/mol. The van der Waals surface area contributed by atoms with Gasteiger partial charge in [0.1, 0.15) is 24.4 Å². The van der Waals surface area contributed by atoms with Crippen molar-refractivity contribution < 1.29 is 29.3 Å². The van der Waals surface area contributed by atoms with Gasteiger partial charge in [-0.2, -0.15) is 0 Å². The summed E-state index contributed by atoms with van der Waals surface area (Å²) in [7, 11) is 0. The summed E-state index contributed by atoms with van der Waals surface area (Å²) in [6.07, 6.45) is 0.590. The Balaban J connectivity index is 2.87. The van der Waals surface area contributed by atoms with Crippen molar-refractivity contribution in [2.24, 2.45) is 0 Å². The van der Waals surface area contributed by atoms with E-state index in [1.54, 1.807) is 0 Å². The van der Waals surface area contributed by atoms with Crippen LogP contribution < -0.4 is 0 Å². The molecule has 1 rings (SSSR count). The minimum Gasteiger partial charge on any atom is -0.456 e. The first kappa shape index (κ1) is 14.4. The van der Waals surface area contributed by atoms with Crippen molar-refractivity contribution in [1.82, 2.24) is 0 Å². The summed E-state index contributed by atoms with van der Waals surface area (Å²) in [5, 5.41) is 19.1. The molecule has 0 aromatic carbocycles. The predicted octanol–water partition coefficient (Wildman–Crippen LogP) is -0.302. The molecule has 4 atom stereocenters. The molecule has 0 unspecified atom stereocenters. The maximum atomic E-state index is 11.3. The van der Waals surface area contributed by atoms with E-state index in [1.165, 1.54) is 26.0 Å². The molecule has 1 heterocycles. The largest absolute Gasteiger partial charge is 0.456 e. The Morgan fingerprint density at radius 3 is 1.56 bits per heavy atom. The summed E-state index contributed by atoms with van der Waals surface area (Å²) in [5.74, 6) is -1.37. The van der Waals surface area contributed by atoms with Crippen LogP contribution in [0.4, 0.5) is 0 Å². The molecular weight excluding hydrogens is 240 g/mol. The van der Waals surface area contributed by atoms with E-state index < -0.39 is 36.4 Å². The lowest BCUT2D eigenvalue weighted by Crippen LogP contribution is -2.29. The molecule has 0 spiro atoms. The highest BCUT2D eigenvalue weighted by Gasteiger charge is 2.19. The fourth-order valence-corrected chi connectivity index (χ4v) is 1.25. The Kier molecular flexibility index (Phi) is 5.06. The van der Waals surface area contributed by atoms with E-state index >= 15 is 0 Å². The highest BCUT2D eigenvalue weighted by molar-refractivity contribution is 5.83. The van der Waals surface area contributed by atoms with Gasteiger partial charge < -0.3 is 19.7 Å². The van der Waals surface area contributed by atoms with Gasteiger partial charge in [0, 0.05) is 12.2 Å². The third kappa shape index (κ3) is 4.31. The van der Waals surface area contributed by atoms with Crippen molar-refractivity contribution in [2.45, 2.75) is 38.3 Å². The highest BCUT2D eigenvalue weighted by Crippen LogP contribution is 2.07. The van der Waals surface area contributed by atoms with Gasteiger partial charge in [0.25, 0.3) is 0 Å². The van der Waals surface area contributed by atoms with Crippen LogP contribution in [0.3, 0.4) is 0 Å². The smallest absolute Gasteiger partial charge is 0.330 e. The van der Waals surface area contributed by atoms with E-state index in [0.717, 1.165) is 12.2 Å². The molecule has 0 radical (unpaired) electrons. The van der Waals surface area contributed by atoms with E-state index in [4.69, 9.17) is 9.47 Å². The summed E-state index contributed by atoms with van der Waals surface area (Å²) in [6, 6.07) is 0. The second kappa shape index (κ2) is 6.32. The van der Waals surface area contributed by atoms with Crippen LogP contribution in [0.5, 0.6) is 0 Å². The van der Waals surface area contributed by atoms with Crippen molar-refractivity contribution in [1.29, 1.82) is 0 Å². The molecule has 100 valence electrons. The zero-order valence-electron chi connectivity index (χ0n) is 10.1. The minimum absolute atomic E-state index is 0.687. The van der Waals surface area contributed by atoms with Crippen LogP contribution in [0.1, 0.15) is 13.8 Å². The van der Waals surface area contributed by atoms with Gasteiger partial charge in [-0.25, -0.2) is 9.59 Å². The van der Waals surface area contributed by atoms with Gasteiger partial charge >= 0.3 is 11.9 Å². The summed E-state index contributed by atoms with van der Waals surface area (Å²) < 4.78 is 9.73. The second-order valence-electron chi connectivity index (χ2n) is 3.98. The van der Waals surface area contributed by atoms with Gasteiger partial charge in [-0.05, 0) is 26.0 Å². The molecule has 0 aliphatic carbocycles. The zero-order valence-corrected chi connectivity index (χ0v) is 10.1. The lowest BCUT2D eigenvalue weighted by molar-refractivity contribution is -0.147. The SMILES string of the molecule is C[C@H]1OC(=O)/C=C\[C@H](O)[C@@H](C)OC(=O)/C=C\[C@@H]1O. The quantitative estimate of drug-likeness (QED) is 0.578. The van der Waals surface area contributed by atoms with Crippen LogP contribution >= 0.6 is 0 Å². The molecule has 0 saturated heterocycles. The number of rotatable bonds is 0. The third-order valence-electron chi connectivity index (χ3n) is 2.42. The highest BCUT2D eigenvalue weighted by atomic mass is 16.6. The average Bonchev–Trinajstić information content (AvgIpc) is 2.31. The summed E-state index contributed by atoms with van der Waals surface area (Å²) in [4.78, 5) is 22.6. The maximum Gasteiger partial charge on any atom is 0.330 e. The molecule has 6 heteroatoms. The number of ether oxygens (including phenoxy) is 2. The van der Waals surface area contributed by atoms with Gasteiger partial charge in [-0.1, -0.05) is 0 Å². The molecule has 1 aliphatic heterocycles. The Morgan fingerprint density at radius 1 is 0.889 bits per heavy atom. The van der Waals surface area contributed by atoms with Gasteiger partial charge in [0.05, 0.1) is 0 Å². The van der Waals surface area contributed by atoms with E-state index in [1.807, 2.05) is 0 Å². The predicted molar refractivity (Wildman–Crippen MR) is 61.4 cm³/mol. The van der Waals surface area contributed by atoms with Gasteiger partial charge in [0.2, 0.25) is 0 Å². The van der Waals surface area contributed by atoms with Crippen LogP contribution in [0.15, 0.2) is 24.3 Å². The van der Waals surface area contributed by atoms with Crippen molar-refractivity contribution in [3.05, 3.63) is 24.3 Å². The van der Waals surface area contributed by atoms with Crippen LogP contribution in [-0.4, -0.2) is 46.6 Å². The fraction of sp³-hybridized carbons (Fsp3) is 0.500. The first-order chi connectivity index (χ1) is 8.40. The molecule has 0 saturated carbocycles. The first-order valence-corrected chi connectivity index (χ1v) is 5.54. The van der Waals surface area contributed by atoms with Crippen LogP contribution in [-0.2, 0) is 19.1 Å². The molecule has 0 aromatic heterocycles. The number of hydrogen-bond donors (Lipinski definition) is 2. The fourth-order valence-electron chi connectivity index (χ4n) is 1.25. The third-order valence-corrected chi connectivity index (χ3v) is 2.42. The summed E-state index contributed by atoms with van der Waals surface area (Å²) in [6.45, 7) is 2.97. The monoisotopic (exact) mass is 256 g/mol. The van der Waals surface area contributed by atoms with E-state index in [-0.39, 0.29) is 0 Å². The van der Waals surface area contributed by atoms with Crippen LogP contribution in [0.2, 0.25) is 0 Å². The molecule has 2 N–H and O–H groups in total. The number of carbonyl (C=O) groups is 2. The van der Waals surface area contributed by atoms with E-state index in [9.17, 15) is 19.8 Å². The lowest BCUT2D eigenvalue weighted by atomic mass is 10.2. The Labute approximate surface area is 105 Å². The molecule has 0 amide bonds. The number of aliphatic hydroxyl groups excluding tert-OH is 2. The molecule has 6 nitrogen and oxygen atoms in total. The van der Waals surface area contributed by atoms with Crippen LogP contribution in [0, 0.1) is 0 Å². The van der Waals surface area contributed by atoms with Gasteiger partial charge in [-0.15, -0.1) is 0 Å². The van der Waals surface area contributed by atoms with Crippen molar-refractivity contribution in [3.63, 3.8) is 0 Å². The number of cyclic esters (lactones) is 2. The number of carbonyl (C=O) groups excluding carboxylic acids is 2. The lowest BCUT2D eigenvalue weighted by Gasteiger charge is -2.18. The van der Waals surface area contributed by atoms with Crippen molar-refractivity contribution in [3.8, 4) is 0 Å². The maximum absolute atomic E-state index is 11.3. The molecule has 18 heavy (non-hydrogen) atoms. The molecule has 0 aromatic rings. The first-order valence-electron chi connectivity index (χ1n) is 5.54. The number of esters is 2. The zero-order chi connectivity index (χ0) is 13.7. The molecular formula is C12H16O6. The topological polar surface area (TPSA) is 93.1 Å². The van der Waals surface area contributed by atoms with Crippen molar-refractivity contribution in [2.75, 3.05) is 0 Å². The standard InChI is InChI=1S/C12H16O6/c1-7-9(13)3-5-12(16)18-8(2)10(14)4-6-11(15)17-7/h3-10,13-14H,1-2H3/b5-3-,6-4-/t7-,8-,9+,10+/m1/s1. The van der Waals surface area contributed by atoms with Gasteiger partial charge in [0.15, 0.2) is 0 Å². The minimum atomic E-state index is -1.10. The Morgan fingerprint density at radius 2 is 1.22 bits per heavy atom. The normalized spacial score (nSPS) is 37.8. The van der Waals surface area contributed by atoms with E-state index in [0.29, 0.717) is 0 Å². The number of aliphatic hydroxyl groups is 2. The summed E-state index contributed by atoms with van der Waals surface area (Å²) in [5.41, 5.74) is 0. The number of hydrogen-bond acceptors (Lipinski definition) is 6. The Hall–Kier alpha value is -1.66. The molecule has 0 fully saturated rings. The summed E-state index contributed by atoms with van der Waals surface area (Å²) >= 11 is 0. The molecule has 0 bridgehead atoms. The van der Waals surface area contributed by atoms with Crippen LogP contribution in [0.25, 0.3) is 0 Å². The Bertz CT molecular complexity index is 337. The van der Waals surface area contributed by atoms with Crippen molar-refractivity contribution >= 4 is 11.9 Å². The second-order valence-corrected chi connectivity index (χ2v) is 3.98.